The van der Waals surface area contributed by atoms with Gasteiger partial charge in [-0.25, -0.2) is 0 Å². The van der Waals surface area contributed by atoms with Crippen LogP contribution in [0.1, 0.15) is 5.56 Å². The average molecular weight is 336 g/mol. The quantitative estimate of drug-likeness (QED) is 0.710. The molecule has 0 aromatic heterocycles. The first-order valence-corrected chi connectivity index (χ1v) is 6.22. The predicted octanol–water partition coefficient (Wildman–Crippen LogP) is 5.28. The lowest BCUT2D eigenvalue weighted by Crippen LogP contribution is -2.17. The Bertz CT molecular complexity index is 691. The summed E-state index contributed by atoms with van der Waals surface area (Å²) >= 11 is 0. The van der Waals surface area contributed by atoms with Crippen molar-refractivity contribution in [3.05, 3.63) is 48.0 Å². The van der Waals surface area contributed by atoms with Crippen molar-refractivity contribution in [2.24, 2.45) is 0 Å². The van der Waals surface area contributed by atoms with Gasteiger partial charge in [0, 0.05) is 5.56 Å². The van der Waals surface area contributed by atoms with Crippen molar-refractivity contribution in [1.29, 1.82) is 0 Å². The summed E-state index contributed by atoms with van der Waals surface area (Å²) in [6.07, 6.45) is -9.63. The summed E-state index contributed by atoms with van der Waals surface area (Å²) < 4.78 is 84.9. The molecule has 0 saturated heterocycles. The molecule has 8 heteroatoms. The number of hydrogen-bond donors (Lipinski definition) is 0. The monoisotopic (exact) mass is 336 g/mol. The van der Waals surface area contributed by atoms with E-state index in [1.807, 2.05) is 0 Å². The van der Waals surface area contributed by atoms with Crippen LogP contribution in [0.3, 0.4) is 0 Å². The van der Waals surface area contributed by atoms with Gasteiger partial charge < -0.3 is 9.47 Å². The number of hydrogen-bond acceptors (Lipinski definition) is 2. The molecule has 23 heavy (non-hydrogen) atoms. The summed E-state index contributed by atoms with van der Waals surface area (Å²) in [5.41, 5.74) is -1.47. The van der Waals surface area contributed by atoms with E-state index in [0.717, 1.165) is 24.3 Å². The zero-order valence-electron chi connectivity index (χ0n) is 11.6. The van der Waals surface area contributed by atoms with E-state index < -0.39 is 23.9 Å². The fraction of sp³-hybridized carbons (Fsp3) is 0.200. The average Bonchev–Trinajstić information content (AvgIpc) is 2.44. The summed E-state index contributed by atoms with van der Waals surface area (Å²) in [5.74, 6) is -0.724. The largest absolute Gasteiger partial charge is 0.573 e. The fourth-order valence-electron chi connectivity index (χ4n) is 2.08. The Morgan fingerprint density at radius 1 is 0.870 bits per heavy atom. The molecule has 2 nitrogen and oxygen atoms in total. The Morgan fingerprint density at radius 2 is 1.52 bits per heavy atom. The Labute approximate surface area is 127 Å². The molecule has 0 radical (unpaired) electrons. The number of ether oxygens (including phenoxy) is 2. The Kier molecular flexibility index (Phi) is 4.44. The molecular formula is C15H10F6O2. The minimum absolute atomic E-state index is 0.100. The van der Waals surface area contributed by atoms with Crippen LogP contribution in [0.4, 0.5) is 26.3 Å². The van der Waals surface area contributed by atoms with E-state index in [1.54, 1.807) is 0 Å². The lowest BCUT2D eigenvalue weighted by Gasteiger charge is -2.17. The van der Waals surface area contributed by atoms with Crippen molar-refractivity contribution in [1.82, 2.24) is 0 Å². The molecule has 2 aromatic rings. The van der Waals surface area contributed by atoms with Gasteiger partial charge in [-0.2, -0.15) is 13.2 Å². The molecule has 0 atom stereocenters. The molecule has 0 saturated carbocycles. The molecule has 0 aliphatic carbocycles. The third-order valence-electron chi connectivity index (χ3n) is 2.91. The molecule has 0 N–H and O–H groups in total. The fourth-order valence-corrected chi connectivity index (χ4v) is 2.08. The number of rotatable bonds is 3. The second-order valence-electron chi connectivity index (χ2n) is 4.46. The van der Waals surface area contributed by atoms with E-state index in [4.69, 9.17) is 4.74 Å². The predicted molar refractivity (Wildman–Crippen MR) is 70.1 cm³/mol. The van der Waals surface area contributed by atoms with Crippen molar-refractivity contribution in [3.8, 4) is 22.6 Å². The van der Waals surface area contributed by atoms with Gasteiger partial charge in [0.15, 0.2) is 0 Å². The lowest BCUT2D eigenvalue weighted by molar-refractivity contribution is -0.274. The number of methoxy groups -OCH3 is 1. The van der Waals surface area contributed by atoms with Crippen LogP contribution in [0.5, 0.6) is 11.5 Å². The Balaban J connectivity index is 2.60. The van der Waals surface area contributed by atoms with E-state index in [-0.39, 0.29) is 16.9 Å². The highest BCUT2D eigenvalue weighted by Crippen LogP contribution is 2.43. The molecule has 0 amide bonds. The van der Waals surface area contributed by atoms with Gasteiger partial charge in [0.25, 0.3) is 0 Å². The van der Waals surface area contributed by atoms with Crippen molar-refractivity contribution in [2.75, 3.05) is 7.11 Å². The first-order valence-electron chi connectivity index (χ1n) is 6.22. The highest BCUT2D eigenvalue weighted by molar-refractivity contribution is 5.75. The van der Waals surface area contributed by atoms with Crippen LogP contribution >= 0.6 is 0 Å². The van der Waals surface area contributed by atoms with Gasteiger partial charge >= 0.3 is 12.5 Å². The maximum Gasteiger partial charge on any atom is 0.573 e. The van der Waals surface area contributed by atoms with Gasteiger partial charge in [0.1, 0.15) is 11.5 Å². The van der Waals surface area contributed by atoms with Crippen LogP contribution in [-0.4, -0.2) is 13.5 Å². The normalized spacial score (nSPS) is 12.1. The molecule has 0 fully saturated rings. The Hall–Kier alpha value is -2.38. The third-order valence-corrected chi connectivity index (χ3v) is 2.91. The summed E-state index contributed by atoms with van der Waals surface area (Å²) in [4.78, 5) is 0. The highest BCUT2D eigenvalue weighted by atomic mass is 19.4. The van der Waals surface area contributed by atoms with Crippen LogP contribution in [-0.2, 0) is 6.18 Å². The first kappa shape index (κ1) is 17.0. The van der Waals surface area contributed by atoms with Gasteiger partial charge in [-0.1, -0.05) is 18.2 Å². The molecule has 124 valence electrons. The van der Waals surface area contributed by atoms with Gasteiger partial charge in [-0.15, -0.1) is 13.2 Å². The van der Waals surface area contributed by atoms with Crippen molar-refractivity contribution < 1.29 is 35.8 Å². The van der Waals surface area contributed by atoms with Crippen molar-refractivity contribution >= 4 is 0 Å². The van der Waals surface area contributed by atoms with E-state index in [2.05, 4.69) is 4.74 Å². The molecule has 0 aliphatic heterocycles. The van der Waals surface area contributed by atoms with Gasteiger partial charge in [0.05, 0.1) is 12.7 Å². The van der Waals surface area contributed by atoms with Gasteiger partial charge in [-0.3, -0.25) is 0 Å². The topological polar surface area (TPSA) is 18.5 Å². The zero-order valence-corrected chi connectivity index (χ0v) is 11.6. The van der Waals surface area contributed by atoms with Crippen molar-refractivity contribution in [3.63, 3.8) is 0 Å². The smallest absolute Gasteiger partial charge is 0.496 e. The van der Waals surface area contributed by atoms with Gasteiger partial charge in [-0.05, 0) is 29.8 Å². The van der Waals surface area contributed by atoms with Crippen molar-refractivity contribution in [2.45, 2.75) is 12.5 Å². The minimum Gasteiger partial charge on any atom is -0.496 e. The van der Waals surface area contributed by atoms with Crippen LogP contribution in [0.2, 0.25) is 0 Å². The molecule has 0 heterocycles. The first-order chi connectivity index (χ1) is 10.6. The van der Waals surface area contributed by atoms with Crippen LogP contribution in [0.25, 0.3) is 11.1 Å². The summed E-state index contributed by atoms with van der Waals surface area (Å²) in [6.45, 7) is 0. The van der Waals surface area contributed by atoms with E-state index in [9.17, 15) is 26.3 Å². The van der Waals surface area contributed by atoms with Crippen LogP contribution in [0.15, 0.2) is 42.5 Å². The Morgan fingerprint density at radius 3 is 2.09 bits per heavy atom. The third kappa shape index (κ3) is 4.08. The summed E-state index contributed by atoms with van der Waals surface area (Å²) in [5, 5.41) is 0. The summed E-state index contributed by atoms with van der Waals surface area (Å²) in [6, 6.07) is 7.57. The molecule has 0 unspecified atom stereocenters. The maximum absolute atomic E-state index is 13.2. The van der Waals surface area contributed by atoms with Crippen LogP contribution < -0.4 is 9.47 Å². The molecule has 2 rings (SSSR count). The van der Waals surface area contributed by atoms with E-state index in [0.29, 0.717) is 0 Å². The highest BCUT2D eigenvalue weighted by Gasteiger charge is 2.35. The molecule has 0 bridgehead atoms. The van der Waals surface area contributed by atoms with E-state index in [1.165, 1.54) is 25.3 Å². The number of benzene rings is 2. The number of halogens is 6. The van der Waals surface area contributed by atoms with E-state index >= 15 is 0 Å². The number of alkyl halides is 6. The minimum atomic E-state index is -4.94. The second-order valence-corrected chi connectivity index (χ2v) is 4.46. The molecule has 0 spiro atoms. The molecular weight excluding hydrogens is 326 g/mol. The molecule has 0 aliphatic rings. The lowest BCUT2D eigenvalue weighted by atomic mass is 9.98. The molecule has 2 aromatic carbocycles. The summed E-state index contributed by atoms with van der Waals surface area (Å²) in [7, 11) is 1.18. The SMILES string of the molecule is COc1cccc(C(F)(F)F)c1-c1cccc(OC(F)(F)F)c1. The van der Waals surface area contributed by atoms with Gasteiger partial charge in [0.2, 0.25) is 0 Å². The zero-order chi connectivity index (χ0) is 17.3. The maximum atomic E-state index is 13.2. The standard InChI is InChI=1S/C15H10F6O2/c1-22-12-7-3-6-11(14(16,17)18)13(12)9-4-2-5-10(8-9)23-15(19,20)21/h2-8H,1H3. The second kappa shape index (κ2) is 6.02. The van der Waals surface area contributed by atoms with Crippen LogP contribution in [0, 0.1) is 0 Å².